The van der Waals surface area contributed by atoms with Gasteiger partial charge in [0.2, 0.25) is 0 Å². The second-order valence-electron chi connectivity index (χ2n) is 8.54. The highest BCUT2D eigenvalue weighted by molar-refractivity contribution is 6.43. The van der Waals surface area contributed by atoms with E-state index >= 15 is 0 Å². The second-order valence-corrected chi connectivity index (χ2v) is 9.73. The number of aromatic nitrogens is 2. The van der Waals surface area contributed by atoms with E-state index in [2.05, 4.69) is 29.2 Å². The average Bonchev–Trinajstić information content (AvgIpc) is 2.86. The van der Waals surface area contributed by atoms with Gasteiger partial charge >= 0.3 is 0 Å². The number of Topliss-reactive ketones (excluding diaryl/α,β-unsaturated/α-hetero) is 1. The Balaban J connectivity index is 1.51. The van der Waals surface area contributed by atoms with Crippen molar-refractivity contribution in [3.05, 3.63) is 116 Å². The molecule has 0 bridgehead atoms. The van der Waals surface area contributed by atoms with Crippen LogP contribution in [0.15, 0.2) is 72.8 Å². The molecule has 0 saturated heterocycles. The normalized spacial score (nSPS) is 13.5. The van der Waals surface area contributed by atoms with Crippen LogP contribution in [0.3, 0.4) is 0 Å². The molecule has 2 heterocycles. The predicted octanol–water partition coefficient (Wildman–Crippen LogP) is 7.09. The zero-order valence-electron chi connectivity index (χ0n) is 18.8. The third-order valence-electron chi connectivity index (χ3n) is 6.13. The van der Waals surface area contributed by atoms with Gasteiger partial charge in [0, 0.05) is 47.8 Å². The summed E-state index contributed by atoms with van der Waals surface area (Å²) in [6.07, 6.45) is 0.791. The molecule has 4 aromatic rings. The Kier molecular flexibility index (Phi) is 7.17. The Labute approximate surface area is 219 Å². The van der Waals surface area contributed by atoms with Gasteiger partial charge in [-0.1, -0.05) is 89.4 Å². The SMILES string of the molecule is O=C(Cc1nc2c(c(-c3ccccc3Cl)n1)CN(Cc1ccccc1)CC2)c1cccc(Cl)c1Cl. The Bertz CT molecular complexity index is 1390. The molecule has 35 heavy (non-hydrogen) atoms. The maximum atomic E-state index is 13.1. The summed E-state index contributed by atoms with van der Waals surface area (Å²) in [6.45, 7) is 2.42. The molecule has 1 aromatic heterocycles. The molecule has 4 nitrogen and oxygen atoms in total. The number of nitrogens with zero attached hydrogens (tertiary/aromatic N) is 3. The highest BCUT2D eigenvalue weighted by Gasteiger charge is 2.25. The fraction of sp³-hybridized carbons (Fsp3) is 0.179. The molecule has 0 atom stereocenters. The number of carbonyl (C=O) groups is 1. The first-order valence-electron chi connectivity index (χ1n) is 11.4. The smallest absolute Gasteiger partial charge is 0.171 e. The van der Waals surface area contributed by atoms with Crippen LogP contribution in [0.1, 0.15) is 33.0 Å². The van der Waals surface area contributed by atoms with Crippen molar-refractivity contribution >= 4 is 40.6 Å². The van der Waals surface area contributed by atoms with Crippen LogP contribution in [0.2, 0.25) is 15.1 Å². The summed E-state index contributed by atoms with van der Waals surface area (Å²) in [5.41, 5.74) is 5.25. The van der Waals surface area contributed by atoms with Gasteiger partial charge in [0.25, 0.3) is 0 Å². The van der Waals surface area contributed by atoms with E-state index in [9.17, 15) is 4.79 Å². The van der Waals surface area contributed by atoms with Crippen molar-refractivity contribution in [2.75, 3.05) is 6.54 Å². The van der Waals surface area contributed by atoms with Crippen LogP contribution in [0.25, 0.3) is 11.3 Å². The highest BCUT2D eigenvalue weighted by atomic mass is 35.5. The van der Waals surface area contributed by atoms with Gasteiger partial charge in [-0.25, -0.2) is 9.97 Å². The lowest BCUT2D eigenvalue weighted by Crippen LogP contribution is -2.32. The first kappa shape index (κ1) is 24.0. The van der Waals surface area contributed by atoms with E-state index < -0.39 is 0 Å². The Morgan fingerprint density at radius 3 is 2.40 bits per heavy atom. The molecular weight excluding hydrogens is 501 g/mol. The number of fused-ring (bicyclic) bond motifs is 1. The van der Waals surface area contributed by atoms with Crippen molar-refractivity contribution < 1.29 is 4.79 Å². The topological polar surface area (TPSA) is 46.1 Å². The first-order chi connectivity index (χ1) is 17.0. The number of halogens is 3. The van der Waals surface area contributed by atoms with Gasteiger partial charge in [0.15, 0.2) is 5.78 Å². The number of hydrogen-bond donors (Lipinski definition) is 0. The zero-order chi connectivity index (χ0) is 24.4. The van der Waals surface area contributed by atoms with Gasteiger partial charge in [-0.2, -0.15) is 0 Å². The van der Waals surface area contributed by atoms with Crippen LogP contribution < -0.4 is 0 Å². The number of ketones is 1. The summed E-state index contributed by atoms with van der Waals surface area (Å²) in [5.74, 6) is 0.278. The Morgan fingerprint density at radius 2 is 1.60 bits per heavy atom. The summed E-state index contributed by atoms with van der Waals surface area (Å²) in [5, 5.41) is 1.21. The maximum absolute atomic E-state index is 13.1. The monoisotopic (exact) mass is 521 g/mol. The van der Waals surface area contributed by atoms with Crippen molar-refractivity contribution in [3.63, 3.8) is 0 Å². The van der Waals surface area contributed by atoms with E-state index in [1.165, 1.54) is 5.56 Å². The number of hydrogen-bond acceptors (Lipinski definition) is 4. The molecule has 5 rings (SSSR count). The van der Waals surface area contributed by atoms with Gasteiger partial charge in [0.05, 0.1) is 27.9 Å². The van der Waals surface area contributed by atoms with E-state index in [1.54, 1.807) is 18.2 Å². The quantitative estimate of drug-likeness (QED) is 0.254. The minimum atomic E-state index is -0.177. The molecule has 7 heteroatoms. The summed E-state index contributed by atoms with van der Waals surface area (Å²) in [6, 6.07) is 23.1. The van der Waals surface area contributed by atoms with Crippen molar-refractivity contribution in [2.45, 2.75) is 25.9 Å². The fourth-order valence-electron chi connectivity index (χ4n) is 4.41. The Hall–Kier alpha value is -2.76. The molecule has 0 unspecified atom stereocenters. The minimum Gasteiger partial charge on any atom is -0.294 e. The maximum Gasteiger partial charge on any atom is 0.171 e. The minimum absolute atomic E-state index is 0.0263. The molecule has 0 amide bonds. The molecule has 1 aliphatic rings. The molecule has 176 valence electrons. The number of carbonyl (C=O) groups excluding carboxylic acids is 1. The molecular formula is C28H22Cl3N3O. The summed E-state index contributed by atoms with van der Waals surface area (Å²) in [7, 11) is 0. The fourth-order valence-corrected chi connectivity index (χ4v) is 5.04. The third-order valence-corrected chi connectivity index (χ3v) is 7.28. The molecule has 0 fully saturated rings. The molecule has 0 radical (unpaired) electrons. The molecule has 0 aliphatic carbocycles. The lowest BCUT2D eigenvalue weighted by Gasteiger charge is -2.30. The summed E-state index contributed by atoms with van der Waals surface area (Å²) < 4.78 is 0. The van der Waals surface area contributed by atoms with Crippen LogP contribution in [-0.2, 0) is 25.9 Å². The van der Waals surface area contributed by atoms with Crippen LogP contribution in [-0.4, -0.2) is 27.2 Å². The summed E-state index contributed by atoms with van der Waals surface area (Å²) >= 11 is 19.0. The second kappa shape index (κ2) is 10.5. The average molecular weight is 523 g/mol. The van der Waals surface area contributed by atoms with Crippen LogP contribution >= 0.6 is 34.8 Å². The molecule has 0 N–H and O–H groups in total. The van der Waals surface area contributed by atoms with Crippen molar-refractivity contribution in [1.29, 1.82) is 0 Å². The first-order valence-corrected chi connectivity index (χ1v) is 12.5. The lowest BCUT2D eigenvalue weighted by molar-refractivity contribution is 0.0991. The zero-order valence-corrected chi connectivity index (χ0v) is 21.1. The van der Waals surface area contributed by atoms with E-state index in [4.69, 9.17) is 44.8 Å². The highest BCUT2D eigenvalue weighted by Crippen LogP contribution is 2.33. The van der Waals surface area contributed by atoms with Gasteiger partial charge < -0.3 is 0 Å². The van der Waals surface area contributed by atoms with Crippen LogP contribution in [0, 0.1) is 0 Å². The van der Waals surface area contributed by atoms with E-state index in [-0.39, 0.29) is 17.2 Å². The molecule has 0 spiro atoms. The van der Waals surface area contributed by atoms with Crippen LogP contribution in [0.4, 0.5) is 0 Å². The molecule has 0 saturated carbocycles. The summed E-state index contributed by atoms with van der Waals surface area (Å²) in [4.78, 5) is 25.1. The third kappa shape index (κ3) is 5.26. The number of benzene rings is 3. The molecule has 3 aromatic carbocycles. The lowest BCUT2D eigenvalue weighted by atomic mass is 9.98. The largest absolute Gasteiger partial charge is 0.294 e. The predicted molar refractivity (Wildman–Crippen MR) is 141 cm³/mol. The van der Waals surface area contributed by atoms with Gasteiger partial charge in [-0.15, -0.1) is 0 Å². The van der Waals surface area contributed by atoms with Crippen molar-refractivity contribution in [2.24, 2.45) is 0 Å². The van der Waals surface area contributed by atoms with Crippen LogP contribution in [0.5, 0.6) is 0 Å². The van der Waals surface area contributed by atoms with Crippen molar-refractivity contribution in [1.82, 2.24) is 14.9 Å². The van der Waals surface area contributed by atoms with Gasteiger partial charge in [-0.05, 0) is 23.8 Å². The van der Waals surface area contributed by atoms with Crippen molar-refractivity contribution in [3.8, 4) is 11.3 Å². The van der Waals surface area contributed by atoms with E-state index in [1.807, 2.05) is 30.3 Å². The number of rotatable bonds is 6. The molecule has 1 aliphatic heterocycles. The van der Waals surface area contributed by atoms with E-state index in [0.717, 1.165) is 42.0 Å². The Morgan fingerprint density at radius 1 is 0.857 bits per heavy atom. The van der Waals surface area contributed by atoms with Gasteiger partial charge in [-0.3, -0.25) is 9.69 Å². The van der Waals surface area contributed by atoms with E-state index in [0.29, 0.717) is 28.0 Å². The standard InChI is InChI=1S/C28H22Cl3N3O/c29-22-11-5-4-9-19(22)28-21-17-34(16-18-7-2-1-3-8-18)14-13-24(21)32-26(33-28)15-25(35)20-10-6-12-23(30)27(20)31/h1-12H,13-17H2. The van der Waals surface area contributed by atoms with Gasteiger partial charge in [0.1, 0.15) is 5.82 Å².